The van der Waals surface area contributed by atoms with Gasteiger partial charge in [-0.1, -0.05) is 30.0 Å². The van der Waals surface area contributed by atoms with E-state index in [4.69, 9.17) is 0 Å². The molecule has 6 heteroatoms. The molecule has 1 unspecified atom stereocenters. The molecule has 106 valence electrons. The molecular formula is C14H18N4OS. The normalized spacial score (nSPS) is 19.5. The summed E-state index contributed by atoms with van der Waals surface area (Å²) in [5.41, 5.74) is 1.73. The highest BCUT2D eigenvalue weighted by molar-refractivity contribution is 8.14. The van der Waals surface area contributed by atoms with E-state index in [9.17, 15) is 4.79 Å². The van der Waals surface area contributed by atoms with Gasteiger partial charge in [0.05, 0.1) is 0 Å². The lowest BCUT2D eigenvalue weighted by Crippen LogP contribution is -2.21. The van der Waals surface area contributed by atoms with Crippen molar-refractivity contribution in [1.29, 1.82) is 0 Å². The monoisotopic (exact) mass is 290 g/mol. The molecular weight excluding hydrogens is 272 g/mol. The largest absolute Gasteiger partial charge is 0.362 e. The van der Waals surface area contributed by atoms with E-state index in [1.165, 1.54) is 0 Å². The highest BCUT2D eigenvalue weighted by atomic mass is 32.2. The average Bonchev–Trinajstić information content (AvgIpc) is 2.85. The second-order valence-corrected chi connectivity index (χ2v) is 5.98. The van der Waals surface area contributed by atoms with Gasteiger partial charge in [0.2, 0.25) is 5.91 Å². The van der Waals surface area contributed by atoms with Crippen LogP contribution < -0.4 is 10.6 Å². The summed E-state index contributed by atoms with van der Waals surface area (Å²) in [5.74, 6) is 0.0203. The van der Waals surface area contributed by atoms with E-state index in [0.717, 1.165) is 23.1 Å². The Bertz CT molecular complexity index is 523. The molecule has 1 atom stereocenters. The van der Waals surface area contributed by atoms with Gasteiger partial charge in [0.25, 0.3) is 0 Å². The van der Waals surface area contributed by atoms with Crippen LogP contribution in [0.25, 0.3) is 0 Å². The Morgan fingerprint density at radius 3 is 2.85 bits per heavy atom. The van der Waals surface area contributed by atoms with Crippen molar-refractivity contribution >= 4 is 34.2 Å². The van der Waals surface area contributed by atoms with Crippen LogP contribution in [0.3, 0.4) is 0 Å². The molecule has 5 nitrogen and oxygen atoms in total. The molecule has 2 N–H and O–H groups in total. The van der Waals surface area contributed by atoms with Crippen LogP contribution in [-0.2, 0) is 4.79 Å². The molecule has 0 radical (unpaired) electrons. The molecule has 1 fully saturated rings. The molecule has 1 heterocycles. The maximum atomic E-state index is 11.9. The van der Waals surface area contributed by atoms with Crippen LogP contribution in [0.4, 0.5) is 5.69 Å². The number of anilines is 1. The quantitative estimate of drug-likeness (QED) is 0.661. The Morgan fingerprint density at radius 2 is 2.15 bits per heavy atom. The zero-order valence-corrected chi connectivity index (χ0v) is 12.4. The zero-order valence-electron chi connectivity index (χ0n) is 11.6. The Balaban J connectivity index is 1.82. The highest BCUT2D eigenvalue weighted by Gasteiger charge is 2.23. The summed E-state index contributed by atoms with van der Waals surface area (Å²) in [6.07, 6.45) is 0.459. The van der Waals surface area contributed by atoms with Crippen molar-refractivity contribution in [1.82, 2.24) is 5.32 Å². The number of rotatable bonds is 4. The van der Waals surface area contributed by atoms with Crippen LogP contribution >= 0.6 is 11.8 Å². The van der Waals surface area contributed by atoms with E-state index < -0.39 is 0 Å². The lowest BCUT2D eigenvalue weighted by molar-refractivity contribution is -0.116. The van der Waals surface area contributed by atoms with Crippen molar-refractivity contribution in [3.8, 4) is 0 Å². The number of benzene rings is 1. The molecule has 0 aliphatic carbocycles. The molecule has 1 aliphatic heterocycles. The first-order chi connectivity index (χ1) is 9.63. The summed E-state index contributed by atoms with van der Waals surface area (Å²) in [4.78, 5) is 11.9. The van der Waals surface area contributed by atoms with Gasteiger partial charge in [-0.15, -0.1) is 5.10 Å². The van der Waals surface area contributed by atoms with E-state index in [0.29, 0.717) is 6.42 Å². The van der Waals surface area contributed by atoms with Crippen LogP contribution in [0.5, 0.6) is 0 Å². The summed E-state index contributed by atoms with van der Waals surface area (Å²) >= 11 is 1.56. The number of amides is 1. The number of carbonyl (C=O) groups excluding carboxylic acids is 1. The number of para-hydroxylation sites is 1. The number of carbonyl (C=O) groups is 1. The van der Waals surface area contributed by atoms with Gasteiger partial charge >= 0.3 is 0 Å². The van der Waals surface area contributed by atoms with Crippen molar-refractivity contribution in [3.63, 3.8) is 0 Å². The molecule has 2 rings (SSSR count). The van der Waals surface area contributed by atoms with Crippen molar-refractivity contribution in [3.05, 3.63) is 30.3 Å². The van der Waals surface area contributed by atoms with Crippen molar-refractivity contribution in [2.45, 2.75) is 25.5 Å². The van der Waals surface area contributed by atoms with E-state index in [2.05, 4.69) is 20.8 Å². The molecule has 20 heavy (non-hydrogen) atoms. The van der Waals surface area contributed by atoms with Crippen LogP contribution in [0.2, 0.25) is 0 Å². The minimum atomic E-state index is 0.0203. The zero-order chi connectivity index (χ0) is 14.4. The topological polar surface area (TPSA) is 65.8 Å². The first kappa shape index (κ1) is 14.6. The van der Waals surface area contributed by atoms with E-state index >= 15 is 0 Å². The molecule has 1 amide bonds. The van der Waals surface area contributed by atoms with Gasteiger partial charge in [-0.25, -0.2) is 0 Å². The average molecular weight is 290 g/mol. The Labute approximate surface area is 122 Å². The summed E-state index contributed by atoms with van der Waals surface area (Å²) in [6.45, 7) is 4.53. The smallest absolute Gasteiger partial charge is 0.225 e. The third-order valence-electron chi connectivity index (χ3n) is 2.57. The summed E-state index contributed by atoms with van der Waals surface area (Å²) in [5, 5.41) is 15.1. The lowest BCUT2D eigenvalue weighted by Gasteiger charge is -2.07. The molecule has 0 bridgehead atoms. The fourth-order valence-corrected chi connectivity index (χ4v) is 2.67. The summed E-state index contributed by atoms with van der Waals surface area (Å²) in [6, 6.07) is 9.48. The van der Waals surface area contributed by atoms with Gasteiger partial charge in [-0.05, 0) is 26.0 Å². The summed E-state index contributed by atoms with van der Waals surface area (Å²) in [7, 11) is 0. The standard InChI is InChI=1S/C14H18N4OS/c1-10(2)17-18-14-15-9-12(20-14)8-13(19)16-11-6-4-3-5-7-11/h3-7,12H,8-9H2,1-2H3,(H,15,18)(H,16,19). The van der Waals surface area contributed by atoms with Crippen LogP contribution in [0.15, 0.2) is 40.5 Å². The number of nitrogens with zero attached hydrogens (tertiary/aromatic N) is 2. The fourth-order valence-electron chi connectivity index (χ4n) is 1.70. The number of amidine groups is 1. The molecule has 1 aromatic rings. The minimum absolute atomic E-state index is 0.0203. The van der Waals surface area contributed by atoms with Gasteiger partial charge < -0.3 is 10.6 Å². The molecule has 1 aliphatic rings. The first-order valence-electron chi connectivity index (χ1n) is 6.48. The molecule has 0 aromatic heterocycles. The lowest BCUT2D eigenvalue weighted by atomic mass is 10.2. The van der Waals surface area contributed by atoms with Crippen molar-refractivity contribution in [2.24, 2.45) is 10.2 Å². The Morgan fingerprint density at radius 1 is 1.40 bits per heavy atom. The first-order valence-corrected chi connectivity index (χ1v) is 7.36. The van der Waals surface area contributed by atoms with E-state index in [-0.39, 0.29) is 11.2 Å². The third kappa shape index (κ3) is 4.70. The number of nitrogens with one attached hydrogen (secondary N) is 2. The van der Waals surface area contributed by atoms with Crippen LogP contribution in [0, 0.1) is 0 Å². The molecule has 1 saturated heterocycles. The molecule has 0 saturated carbocycles. The van der Waals surface area contributed by atoms with Gasteiger partial charge in [-0.2, -0.15) is 5.10 Å². The van der Waals surface area contributed by atoms with Crippen molar-refractivity contribution < 1.29 is 4.79 Å². The predicted octanol–water partition coefficient (Wildman–Crippen LogP) is 2.47. The van der Waals surface area contributed by atoms with Gasteiger partial charge in [-0.3, -0.25) is 4.79 Å². The third-order valence-corrected chi connectivity index (χ3v) is 3.69. The Kier molecular flexibility index (Phi) is 5.17. The summed E-state index contributed by atoms with van der Waals surface area (Å²) < 4.78 is 0. The fraction of sp³-hybridized carbons (Fsp3) is 0.357. The molecule has 1 aromatic carbocycles. The predicted molar refractivity (Wildman–Crippen MR) is 85.3 cm³/mol. The number of hydrogen-bond donors (Lipinski definition) is 2. The maximum absolute atomic E-state index is 11.9. The maximum Gasteiger partial charge on any atom is 0.225 e. The SMILES string of the molecule is CC(C)=NN=C1NCC(CC(=O)Nc2ccccc2)S1. The van der Waals surface area contributed by atoms with E-state index in [1.54, 1.807) is 11.8 Å². The second kappa shape index (κ2) is 7.09. The van der Waals surface area contributed by atoms with Crippen LogP contribution in [0.1, 0.15) is 20.3 Å². The van der Waals surface area contributed by atoms with Gasteiger partial charge in [0.1, 0.15) is 0 Å². The van der Waals surface area contributed by atoms with Gasteiger partial charge in [0.15, 0.2) is 5.17 Å². The number of thioether (sulfide) groups is 1. The van der Waals surface area contributed by atoms with Crippen LogP contribution in [-0.4, -0.2) is 28.6 Å². The highest BCUT2D eigenvalue weighted by Crippen LogP contribution is 2.21. The minimum Gasteiger partial charge on any atom is -0.362 e. The van der Waals surface area contributed by atoms with Gasteiger partial charge in [0, 0.05) is 29.6 Å². The second-order valence-electron chi connectivity index (χ2n) is 4.69. The molecule has 0 spiro atoms. The number of hydrogen-bond acceptors (Lipinski definition) is 4. The van der Waals surface area contributed by atoms with E-state index in [1.807, 2.05) is 44.2 Å². The van der Waals surface area contributed by atoms with Crippen molar-refractivity contribution in [2.75, 3.05) is 11.9 Å². The Hall–Kier alpha value is -1.82.